The Kier molecular flexibility index (Phi) is 6.53. The van der Waals surface area contributed by atoms with Crippen molar-refractivity contribution in [3.05, 3.63) is 64.3 Å². The molecule has 1 amide bonds. The summed E-state index contributed by atoms with van der Waals surface area (Å²) in [5.74, 6) is -1.29. The minimum absolute atomic E-state index is 0.00571. The lowest BCUT2D eigenvalue weighted by atomic mass is 10.1. The number of carbonyl (C=O) groups excluding carboxylic acids is 2. The van der Waals surface area contributed by atoms with E-state index in [9.17, 15) is 14.0 Å². The minimum Gasteiger partial charge on any atom is -0.422 e. The Balaban J connectivity index is 2.06. The van der Waals surface area contributed by atoms with E-state index in [0.717, 1.165) is 5.56 Å². The van der Waals surface area contributed by atoms with Crippen LogP contribution in [-0.4, -0.2) is 33.3 Å². The molecule has 1 aromatic carbocycles. The van der Waals surface area contributed by atoms with Gasteiger partial charge in [-0.2, -0.15) is 0 Å². The lowest BCUT2D eigenvalue weighted by Gasteiger charge is -2.23. The summed E-state index contributed by atoms with van der Waals surface area (Å²) in [5.41, 5.74) is 1.14. The van der Waals surface area contributed by atoms with E-state index >= 15 is 0 Å². The van der Waals surface area contributed by atoms with Crippen LogP contribution in [0.25, 0.3) is 10.9 Å². The second kappa shape index (κ2) is 9.09. The van der Waals surface area contributed by atoms with Gasteiger partial charge in [0.1, 0.15) is 15.9 Å². The molecule has 8 heteroatoms. The van der Waals surface area contributed by atoms with Crippen molar-refractivity contribution >= 4 is 38.7 Å². The van der Waals surface area contributed by atoms with E-state index in [0.29, 0.717) is 28.5 Å². The normalized spacial score (nSPS) is 10.8. The van der Waals surface area contributed by atoms with E-state index in [-0.39, 0.29) is 23.8 Å². The SMILES string of the molecule is CCCN(Cc1ccc(F)cc1)C(=O)c1nc(Br)c2cccnc2c1OC(C)=O. The summed E-state index contributed by atoms with van der Waals surface area (Å²) in [6, 6.07) is 9.45. The summed E-state index contributed by atoms with van der Waals surface area (Å²) >= 11 is 3.38. The van der Waals surface area contributed by atoms with E-state index in [1.165, 1.54) is 19.1 Å². The van der Waals surface area contributed by atoms with Gasteiger partial charge in [-0.25, -0.2) is 9.37 Å². The smallest absolute Gasteiger partial charge is 0.308 e. The summed E-state index contributed by atoms with van der Waals surface area (Å²) in [6.07, 6.45) is 2.27. The fraction of sp³-hybridized carbons (Fsp3) is 0.238. The highest BCUT2D eigenvalue weighted by Crippen LogP contribution is 2.32. The molecule has 0 aliphatic carbocycles. The molecule has 3 aromatic rings. The Labute approximate surface area is 175 Å². The molecule has 0 fully saturated rings. The number of fused-ring (bicyclic) bond motifs is 1. The molecular weight excluding hydrogens is 441 g/mol. The van der Waals surface area contributed by atoms with Crippen molar-refractivity contribution in [1.29, 1.82) is 0 Å². The largest absolute Gasteiger partial charge is 0.422 e. The zero-order chi connectivity index (χ0) is 21.0. The molecule has 6 nitrogen and oxygen atoms in total. The molecule has 0 atom stereocenters. The van der Waals surface area contributed by atoms with Gasteiger partial charge in [0, 0.05) is 31.6 Å². The fourth-order valence-corrected chi connectivity index (χ4v) is 3.44. The van der Waals surface area contributed by atoms with Crippen LogP contribution >= 0.6 is 15.9 Å². The molecule has 2 heterocycles. The molecule has 0 unspecified atom stereocenters. The first-order valence-electron chi connectivity index (χ1n) is 9.07. The molecule has 0 spiro atoms. The van der Waals surface area contributed by atoms with Crippen molar-refractivity contribution in [1.82, 2.24) is 14.9 Å². The van der Waals surface area contributed by atoms with Crippen LogP contribution in [0.1, 0.15) is 36.3 Å². The van der Waals surface area contributed by atoms with Gasteiger partial charge in [-0.3, -0.25) is 14.6 Å². The highest BCUT2D eigenvalue weighted by molar-refractivity contribution is 9.10. The maximum atomic E-state index is 13.4. The second-order valence-corrected chi connectivity index (χ2v) is 7.18. The molecule has 0 aliphatic heterocycles. The average molecular weight is 460 g/mol. The maximum Gasteiger partial charge on any atom is 0.308 e. The highest BCUT2D eigenvalue weighted by Gasteiger charge is 2.26. The van der Waals surface area contributed by atoms with Crippen LogP contribution in [0.15, 0.2) is 47.2 Å². The molecular formula is C21H19BrFN3O3. The number of esters is 1. The van der Waals surface area contributed by atoms with Crippen molar-refractivity contribution in [2.45, 2.75) is 26.8 Å². The minimum atomic E-state index is -0.573. The van der Waals surface area contributed by atoms with E-state index in [1.807, 2.05) is 6.92 Å². The van der Waals surface area contributed by atoms with Gasteiger partial charge in [-0.05, 0) is 52.2 Å². The zero-order valence-corrected chi connectivity index (χ0v) is 17.6. The third-order valence-electron chi connectivity index (χ3n) is 4.19. The number of aromatic nitrogens is 2. The third kappa shape index (κ3) is 4.76. The lowest BCUT2D eigenvalue weighted by molar-refractivity contribution is -0.131. The molecule has 0 N–H and O–H groups in total. The predicted molar refractivity (Wildman–Crippen MR) is 110 cm³/mol. The molecule has 29 heavy (non-hydrogen) atoms. The van der Waals surface area contributed by atoms with Crippen LogP contribution in [0.5, 0.6) is 5.75 Å². The summed E-state index contributed by atoms with van der Waals surface area (Å²) in [5, 5.41) is 0.626. The first kappa shape index (κ1) is 20.9. The Morgan fingerprint density at radius 2 is 1.93 bits per heavy atom. The van der Waals surface area contributed by atoms with Crippen LogP contribution in [0.2, 0.25) is 0 Å². The Morgan fingerprint density at radius 1 is 1.21 bits per heavy atom. The van der Waals surface area contributed by atoms with Crippen molar-refractivity contribution < 1.29 is 18.7 Å². The van der Waals surface area contributed by atoms with Crippen LogP contribution < -0.4 is 4.74 Å². The number of halogens is 2. The zero-order valence-electron chi connectivity index (χ0n) is 16.0. The third-order valence-corrected chi connectivity index (χ3v) is 4.79. The predicted octanol–water partition coefficient (Wildman–Crippen LogP) is 4.51. The van der Waals surface area contributed by atoms with E-state index in [2.05, 4.69) is 25.9 Å². The maximum absolute atomic E-state index is 13.4. The molecule has 0 saturated heterocycles. The van der Waals surface area contributed by atoms with Gasteiger partial charge in [0.25, 0.3) is 5.91 Å². The number of rotatable bonds is 6. The molecule has 0 saturated carbocycles. The Hall–Kier alpha value is -2.87. The number of amides is 1. The summed E-state index contributed by atoms with van der Waals surface area (Å²) in [7, 11) is 0. The van der Waals surface area contributed by atoms with Gasteiger partial charge in [0.15, 0.2) is 11.4 Å². The molecule has 3 rings (SSSR count). The Bertz CT molecular complexity index is 1060. The Morgan fingerprint density at radius 3 is 2.59 bits per heavy atom. The second-order valence-electron chi connectivity index (χ2n) is 6.43. The quantitative estimate of drug-likeness (QED) is 0.400. The molecule has 0 aliphatic rings. The van der Waals surface area contributed by atoms with Crippen molar-refractivity contribution in [2.75, 3.05) is 6.54 Å². The van der Waals surface area contributed by atoms with Gasteiger partial charge in [0.2, 0.25) is 0 Å². The van der Waals surface area contributed by atoms with E-state index < -0.39 is 11.9 Å². The van der Waals surface area contributed by atoms with E-state index in [4.69, 9.17) is 4.74 Å². The van der Waals surface area contributed by atoms with Crippen LogP contribution in [0, 0.1) is 5.82 Å². The number of pyridine rings is 2. The number of hydrogen-bond donors (Lipinski definition) is 0. The average Bonchev–Trinajstić information content (AvgIpc) is 2.70. The van der Waals surface area contributed by atoms with Crippen molar-refractivity contribution in [3.63, 3.8) is 0 Å². The summed E-state index contributed by atoms with van der Waals surface area (Å²) < 4.78 is 19.0. The van der Waals surface area contributed by atoms with Crippen LogP contribution in [0.4, 0.5) is 4.39 Å². The van der Waals surface area contributed by atoms with Gasteiger partial charge < -0.3 is 9.64 Å². The van der Waals surface area contributed by atoms with Crippen LogP contribution in [-0.2, 0) is 11.3 Å². The van der Waals surface area contributed by atoms with Gasteiger partial charge in [-0.15, -0.1) is 0 Å². The van der Waals surface area contributed by atoms with Crippen molar-refractivity contribution in [3.8, 4) is 5.75 Å². The van der Waals surface area contributed by atoms with Gasteiger partial charge in [0.05, 0.1) is 0 Å². The monoisotopic (exact) mass is 459 g/mol. The fourth-order valence-electron chi connectivity index (χ4n) is 2.94. The molecule has 2 aromatic heterocycles. The van der Waals surface area contributed by atoms with Gasteiger partial charge in [-0.1, -0.05) is 19.1 Å². The topological polar surface area (TPSA) is 72.4 Å². The molecule has 150 valence electrons. The summed E-state index contributed by atoms with van der Waals surface area (Å²) in [6.45, 7) is 3.93. The standard InChI is InChI=1S/C21H19BrFN3O3/c1-3-11-26(12-14-6-8-15(23)9-7-14)21(28)18-19(29-13(2)27)17-16(20(22)25-18)5-4-10-24-17/h4-10H,3,11-12H2,1-2H3. The number of ether oxygens (including phenoxy) is 1. The van der Waals surface area contributed by atoms with Crippen LogP contribution in [0.3, 0.4) is 0 Å². The lowest BCUT2D eigenvalue weighted by Crippen LogP contribution is -2.32. The molecule has 0 bridgehead atoms. The number of carbonyl (C=O) groups is 2. The van der Waals surface area contributed by atoms with Crippen molar-refractivity contribution in [2.24, 2.45) is 0 Å². The first-order chi connectivity index (χ1) is 13.9. The number of hydrogen-bond acceptors (Lipinski definition) is 5. The number of benzene rings is 1. The molecule has 0 radical (unpaired) electrons. The number of nitrogens with zero attached hydrogens (tertiary/aromatic N) is 3. The first-order valence-corrected chi connectivity index (χ1v) is 9.86. The van der Waals surface area contributed by atoms with E-state index in [1.54, 1.807) is 35.4 Å². The summed E-state index contributed by atoms with van der Waals surface area (Å²) in [4.78, 5) is 35.3. The van der Waals surface area contributed by atoms with Gasteiger partial charge >= 0.3 is 5.97 Å². The highest BCUT2D eigenvalue weighted by atomic mass is 79.9.